The van der Waals surface area contributed by atoms with E-state index in [9.17, 15) is 0 Å². The zero-order chi connectivity index (χ0) is 16.1. The number of nitrogens with one attached hydrogen (secondary N) is 1. The molecule has 0 heterocycles. The van der Waals surface area contributed by atoms with Crippen molar-refractivity contribution in [2.75, 3.05) is 0 Å². The number of hydrogen-bond donors (Lipinski definition) is 5. The summed E-state index contributed by atoms with van der Waals surface area (Å²) in [5.41, 5.74) is 13.6. The molecular weight excluding hydrogens is 268 g/mol. The molecule has 0 fully saturated rings. The van der Waals surface area contributed by atoms with E-state index < -0.39 is 5.97 Å². The number of rotatable bonds is 3. The molecule has 1 aromatic carbocycles. The van der Waals surface area contributed by atoms with E-state index in [1.54, 1.807) is 5.56 Å². The number of guanidine groups is 1. The minimum atomic E-state index is -0.833. The third-order valence-electron chi connectivity index (χ3n) is 2.49. The van der Waals surface area contributed by atoms with Gasteiger partial charge in [0, 0.05) is 6.92 Å². The van der Waals surface area contributed by atoms with Crippen LogP contribution >= 0.6 is 0 Å². The Morgan fingerprint density at radius 3 is 1.57 bits per heavy atom. The first-order valence-corrected chi connectivity index (χ1v) is 6.68. The predicted octanol–water partition coefficient (Wildman–Crippen LogP) is 2.47. The van der Waals surface area contributed by atoms with Crippen LogP contribution in [0.5, 0.6) is 0 Å². The molecule has 0 aliphatic heterocycles. The highest BCUT2D eigenvalue weighted by atomic mass is 16.4. The molecule has 0 radical (unpaired) electrons. The monoisotopic (exact) mass is 298 g/mol. The molecular formula is C15H30N4O2. The van der Waals surface area contributed by atoms with Crippen LogP contribution in [0.3, 0.4) is 0 Å². The molecule has 0 amide bonds. The standard InChI is InChI=1S/C12H18.C2H4O2.CH5N3.H3N/c1-4-10-8-7-9-11(5-2)12(10)6-3;1-2(3)4;2-1(3)4;/h7-9H,4-6H2,1-3H3;1H3,(H,3,4);(H5,2,3,4);1H3. The van der Waals surface area contributed by atoms with Gasteiger partial charge in [0.1, 0.15) is 0 Å². The highest BCUT2D eigenvalue weighted by molar-refractivity contribution is 5.71. The second-order valence-corrected chi connectivity index (χ2v) is 4.09. The first kappa shape index (κ1) is 24.0. The van der Waals surface area contributed by atoms with Gasteiger partial charge in [0.05, 0.1) is 0 Å². The lowest BCUT2D eigenvalue weighted by Gasteiger charge is -2.10. The first-order chi connectivity index (χ1) is 9.29. The maximum absolute atomic E-state index is 9.00. The molecule has 0 saturated heterocycles. The smallest absolute Gasteiger partial charge is 0.300 e. The van der Waals surface area contributed by atoms with Gasteiger partial charge in [-0.2, -0.15) is 0 Å². The SMILES string of the molecule is CC(=O)O.CCc1cccc(CC)c1CC.N.N=C(N)N. The summed E-state index contributed by atoms with van der Waals surface area (Å²) in [6.45, 7) is 7.79. The van der Waals surface area contributed by atoms with Crippen molar-refractivity contribution in [3.8, 4) is 0 Å². The van der Waals surface area contributed by atoms with Gasteiger partial charge in [-0.15, -0.1) is 0 Å². The minimum absolute atomic E-state index is 0. The number of aryl methyl sites for hydroxylation is 2. The van der Waals surface area contributed by atoms with Crippen LogP contribution in [0.25, 0.3) is 0 Å². The Kier molecular flexibility index (Phi) is 16.4. The number of aliphatic carboxylic acids is 1. The van der Waals surface area contributed by atoms with Crippen molar-refractivity contribution in [3.63, 3.8) is 0 Å². The normalized spacial score (nSPS) is 8.19. The van der Waals surface area contributed by atoms with Gasteiger partial charge in [-0.25, -0.2) is 0 Å². The zero-order valence-corrected chi connectivity index (χ0v) is 13.6. The molecule has 1 aromatic rings. The van der Waals surface area contributed by atoms with E-state index in [1.807, 2.05) is 0 Å². The Labute approximate surface area is 127 Å². The fourth-order valence-corrected chi connectivity index (χ4v) is 1.80. The number of hydrogen-bond acceptors (Lipinski definition) is 3. The van der Waals surface area contributed by atoms with Crippen molar-refractivity contribution in [2.24, 2.45) is 11.5 Å². The van der Waals surface area contributed by atoms with Crippen LogP contribution < -0.4 is 17.6 Å². The summed E-state index contributed by atoms with van der Waals surface area (Å²) in [6, 6.07) is 6.67. The van der Waals surface area contributed by atoms with Gasteiger partial charge >= 0.3 is 0 Å². The molecule has 21 heavy (non-hydrogen) atoms. The van der Waals surface area contributed by atoms with Gasteiger partial charge < -0.3 is 22.7 Å². The summed E-state index contributed by atoms with van der Waals surface area (Å²) in [6.07, 6.45) is 3.50. The van der Waals surface area contributed by atoms with E-state index in [1.165, 1.54) is 17.5 Å². The van der Waals surface area contributed by atoms with Crippen LogP contribution in [0, 0.1) is 5.41 Å². The van der Waals surface area contributed by atoms with E-state index in [-0.39, 0.29) is 12.1 Å². The largest absolute Gasteiger partial charge is 0.481 e. The number of carbonyl (C=O) groups is 1. The first-order valence-electron chi connectivity index (χ1n) is 6.68. The van der Waals surface area contributed by atoms with Gasteiger partial charge in [0.25, 0.3) is 5.97 Å². The topological polar surface area (TPSA) is 148 Å². The second kappa shape index (κ2) is 14.3. The summed E-state index contributed by atoms with van der Waals surface area (Å²) >= 11 is 0. The molecule has 0 saturated carbocycles. The van der Waals surface area contributed by atoms with Crippen LogP contribution in [0.2, 0.25) is 0 Å². The molecule has 6 nitrogen and oxygen atoms in total. The van der Waals surface area contributed by atoms with Crippen LogP contribution in [0.4, 0.5) is 0 Å². The lowest BCUT2D eigenvalue weighted by atomic mass is 9.96. The summed E-state index contributed by atoms with van der Waals surface area (Å²) in [7, 11) is 0. The molecule has 9 N–H and O–H groups in total. The highest BCUT2D eigenvalue weighted by Crippen LogP contribution is 2.16. The Morgan fingerprint density at radius 1 is 1.10 bits per heavy atom. The van der Waals surface area contributed by atoms with E-state index in [0.717, 1.165) is 19.8 Å². The number of carboxylic acids is 1. The fraction of sp³-hybridized carbons (Fsp3) is 0.467. The van der Waals surface area contributed by atoms with E-state index in [2.05, 4.69) is 50.4 Å². The van der Waals surface area contributed by atoms with Crippen molar-refractivity contribution in [2.45, 2.75) is 47.0 Å². The molecule has 0 bridgehead atoms. The quantitative estimate of drug-likeness (QED) is 0.429. The van der Waals surface area contributed by atoms with E-state index >= 15 is 0 Å². The van der Waals surface area contributed by atoms with Gasteiger partial charge in [-0.05, 0) is 36.0 Å². The van der Waals surface area contributed by atoms with Crippen LogP contribution in [-0.4, -0.2) is 17.0 Å². The summed E-state index contributed by atoms with van der Waals surface area (Å²) < 4.78 is 0. The Hall–Kier alpha value is -2.08. The van der Waals surface area contributed by atoms with Crippen LogP contribution in [-0.2, 0) is 24.1 Å². The molecule has 0 atom stereocenters. The van der Waals surface area contributed by atoms with E-state index in [0.29, 0.717) is 0 Å². The van der Waals surface area contributed by atoms with Crippen molar-refractivity contribution in [1.29, 1.82) is 5.41 Å². The van der Waals surface area contributed by atoms with Crippen molar-refractivity contribution in [1.82, 2.24) is 6.15 Å². The predicted molar refractivity (Wildman–Crippen MR) is 89.0 cm³/mol. The Morgan fingerprint density at radius 2 is 1.38 bits per heavy atom. The fourth-order valence-electron chi connectivity index (χ4n) is 1.80. The summed E-state index contributed by atoms with van der Waals surface area (Å²) in [5.74, 6) is -1.17. The Balaban J connectivity index is -0.000000304. The molecule has 1 rings (SSSR count). The van der Waals surface area contributed by atoms with Crippen LogP contribution in [0.1, 0.15) is 44.4 Å². The molecule has 0 aliphatic rings. The number of nitrogens with two attached hydrogens (primary N) is 2. The third-order valence-corrected chi connectivity index (χ3v) is 2.49. The molecule has 0 spiro atoms. The third kappa shape index (κ3) is 14.1. The highest BCUT2D eigenvalue weighted by Gasteiger charge is 2.02. The minimum Gasteiger partial charge on any atom is -0.481 e. The number of carboxylic acid groups (broad SMARTS) is 1. The molecule has 6 heteroatoms. The van der Waals surface area contributed by atoms with Gasteiger partial charge in [-0.3, -0.25) is 10.2 Å². The summed E-state index contributed by atoms with van der Waals surface area (Å²) in [5, 5.41) is 13.5. The number of benzene rings is 1. The van der Waals surface area contributed by atoms with Crippen LogP contribution in [0.15, 0.2) is 18.2 Å². The van der Waals surface area contributed by atoms with Gasteiger partial charge in [-0.1, -0.05) is 39.0 Å². The van der Waals surface area contributed by atoms with Crippen molar-refractivity contribution in [3.05, 3.63) is 34.9 Å². The van der Waals surface area contributed by atoms with Crippen molar-refractivity contribution < 1.29 is 9.90 Å². The molecule has 122 valence electrons. The van der Waals surface area contributed by atoms with Gasteiger partial charge in [0.2, 0.25) is 0 Å². The second-order valence-electron chi connectivity index (χ2n) is 4.09. The molecule has 0 unspecified atom stereocenters. The van der Waals surface area contributed by atoms with Gasteiger partial charge in [0.15, 0.2) is 5.96 Å². The maximum atomic E-state index is 9.00. The Bertz CT molecular complexity index is 378. The lowest BCUT2D eigenvalue weighted by Crippen LogP contribution is -2.20. The van der Waals surface area contributed by atoms with E-state index in [4.69, 9.17) is 15.3 Å². The zero-order valence-electron chi connectivity index (χ0n) is 13.6. The van der Waals surface area contributed by atoms with Crippen molar-refractivity contribution >= 4 is 11.9 Å². The molecule has 0 aromatic heterocycles. The average molecular weight is 298 g/mol. The lowest BCUT2D eigenvalue weighted by molar-refractivity contribution is -0.134. The molecule has 0 aliphatic carbocycles. The average Bonchev–Trinajstić information content (AvgIpc) is 2.36. The summed E-state index contributed by atoms with van der Waals surface area (Å²) in [4.78, 5) is 9.00. The maximum Gasteiger partial charge on any atom is 0.300 e.